The Morgan fingerprint density at radius 3 is 2.65 bits per heavy atom. The summed E-state index contributed by atoms with van der Waals surface area (Å²) >= 11 is 5.77. The lowest BCUT2D eigenvalue weighted by Crippen LogP contribution is -2.35. The van der Waals surface area contributed by atoms with Gasteiger partial charge in [-0.25, -0.2) is 0 Å². The first kappa shape index (κ1) is 14.2. The molecule has 0 aliphatic carbocycles. The lowest BCUT2D eigenvalue weighted by Gasteiger charge is -2.12. The molecule has 1 aromatic carbocycles. The SMILES string of the molecule is COCCCNC(C)C(=O)c1ccc(Cl)cc1. The zero-order valence-corrected chi connectivity index (χ0v) is 11.0. The predicted molar refractivity (Wildman–Crippen MR) is 69.7 cm³/mol. The van der Waals surface area contributed by atoms with Crippen LogP contribution in [0.4, 0.5) is 0 Å². The number of ketones is 1. The van der Waals surface area contributed by atoms with E-state index >= 15 is 0 Å². The van der Waals surface area contributed by atoms with Crippen LogP contribution in [0.2, 0.25) is 5.02 Å². The second-order valence-corrected chi connectivity index (χ2v) is 4.33. The van der Waals surface area contributed by atoms with Crippen LogP contribution in [-0.2, 0) is 4.74 Å². The van der Waals surface area contributed by atoms with Crippen molar-refractivity contribution in [2.75, 3.05) is 20.3 Å². The Hall–Kier alpha value is -0.900. The molecule has 0 amide bonds. The average Bonchev–Trinajstić information content (AvgIpc) is 2.34. The second kappa shape index (κ2) is 7.43. The van der Waals surface area contributed by atoms with Gasteiger partial charge in [-0.05, 0) is 44.2 Å². The van der Waals surface area contributed by atoms with Crippen LogP contribution in [0.1, 0.15) is 23.7 Å². The Morgan fingerprint density at radius 2 is 2.06 bits per heavy atom. The van der Waals surface area contributed by atoms with Crippen LogP contribution in [0.15, 0.2) is 24.3 Å². The van der Waals surface area contributed by atoms with E-state index in [0.717, 1.165) is 13.0 Å². The first-order valence-electron chi connectivity index (χ1n) is 5.67. The number of carbonyl (C=O) groups excluding carboxylic acids is 1. The van der Waals surface area contributed by atoms with E-state index < -0.39 is 0 Å². The molecular weight excluding hydrogens is 238 g/mol. The fourth-order valence-electron chi connectivity index (χ4n) is 1.49. The van der Waals surface area contributed by atoms with Crippen molar-refractivity contribution in [2.45, 2.75) is 19.4 Å². The van der Waals surface area contributed by atoms with E-state index in [1.54, 1.807) is 31.4 Å². The van der Waals surface area contributed by atoms with Gasteiger partial charge in [-0.1, -0.05) is 11.6 Å². The van der Waals surface area contributed by atoms with Gasteiger partial charge in [-0.3, -0.25) is 4.79 Å². The first-order chi connectivity index (χ1) is 8.15. The normalized spacial score (nSPS) is 12.4. The summed E-state index contributed by atoms with van der Waals surface area (Å²) in [5, 5.41) is 3.81. The van der Waals surface area contributed by atoms with Crippen LogP contribution in [0.5, 0.6) is 0 Å². The number of rotatable bonds is 7. The fourth-order valence-corrected chi connectivity index (χ4v) is 1.62. The largest absolute Gasteiger partial charge is 0.385 e. The van der Waals surface area contributed by atoms with Crippen LogP contribution in [-0.4, -0.2) is 32.1 Å². The number of benzene rings is 1. The average molecular weight is 256 g/mol. The summed E-state index contributed by atoms with van der Waals surface area (Å²) in [5.41, 5.74) is 0.682. The number of Topliss-reactive ketones (excluding diaryl/α,β-unsaturated/α-hetero) is 1. The third-order valence-corrected chi connectivity index (χ3v) is 2.75. The van der Waals surface area contributed by atoms with Crippen LogP contribution < -0.4 is 5.32 Å². The highest BCUT2D eigenvalue weighted by Crippen LogP contribution is 2.11. The van der Waals surface area contributed by atoms with Gasteiger partial charge in [0.15, 0.2) is 5.78 Å². The third kappa shape index (κ3) is 4.86. The van der Waals surface area contributed by atoms with Crippen molar-refractivity contribution in [3.05, 3.63) is 34.9 Å². The number of hydrogen-bond acceptors (Lipinski definition) is 3. The molecule has 0 aliphatic heterocycles. The van der Waals surface area contributed by atoms with Crippen molar-refractivity contribution >= 4 is 17.4 Å². The van der Waals surface area contributed by atoms with Gasteiger partial charge in [-0.15, -0.1) is 0 Å². The van der Waals surface area contributed by atoms with Gasteiger partial charge in [0.25, 0.3) is 0 Å². The molecule has 3 nitrogen and oxygen atoms in total. The third-order valence-electron chi connectivity index (χ3n) is 2.50. The van der Waals surface area contributed by atoms with Gasteiger partial charge < -0.3 is 10.1 Å². The molecule has 0 heterocycles. The summed E-state index contributed by atoms with van der Waals surface area (Å²) in [6, 6.07) is 6.77. The molecule has 0 saturated carbocycles. The Morgan fingerprint density at radius 1 is 1.41 bits per heavy atom. The molecule has 0 aromatic heterocycles. The minimum Gasteiger partial charge on any atom is -0.385 e. The van der Waals surface area contributed by atoms with E-state index in [2.05, 4.69) is 5.32 Å². The highest BCUT2D eigenvalue weighted by molar-refractivity contribution is 6.30. The number of hydrogen-bond donors (Lipinski definition) is 1. The van der Waals surface area contributed by atoms with E-state index in [9.17, 15) is 4.79 Å². The molecule has 17 heavy (non-hydrogen) atoms. The number of methoxy groups -OCH3 is 1. The molecule has 1 unspecified atom stereocenters. The standard InChI is InChI=1S/C13H18ClNO2/c1-10(15-8-3-9-17-2)13(16)11-4-6-12(14)7-5-11/h4-7,10,15H,3,8-9H2,1-2H3. The molecule has 94 valence electrons. The summed E-state index contributed by atoms with van der Waals surface area (Å²) in [6.07, 6.45) is 0.898. The number of carbonyl (C=O) groups is 1. The molecule has 0 fully saturated rings. The van der Waals surface area contributed by atoms with Crippen molar-refractivity contribution in [2.24, 2.45) is 0 Å². The van der Waals surface area contributed by atoms with E-state index in [0.29, 0.717) is 17.2 Å². The number of ether oxygens (including phenoxy) is 1. The van der Waals surface area contributed by atoms with Gasteiger partial charge in [0.2, 0.25) is 0 Å². The minimum atomic E-state index is -0.187. The smallest absolute Gasteiger partial charge is 0.179 e. The molecule has 0 saturated heterocycles. The van der Waals surface area contributed by atoms with E-state index in [-0.39, 0.29) is 11.8 Å². The Kier molecular flexibility index (Phi) is 6.19. The number of halogens is 1. The van der Waals surface area contributed by atoms with Crippen LogP contribution in [0.3, 0.4) is 0 Å². The van der Waals surface area contributed by atoms with Gasteiger partial charge in [0, 0.05) is 24.3 Å². The maximum absolute atomic E-state index is 12.0. The van der Waals surface area contributed by atoms with Gasteiger partial charge in [0.1, 0.15) is 0 Å². The summed E-state index contributed by atoms with van der Waals surface area (Å²) < 4.78 is 4.94. The van der Waals surface area contributed by atoms with Crippen molar-refractivity contribution in [1.29, 1.82) is 0 Å². The van der Waals surface area contributed by atoms with Crippen LogP contribution in [0.25, 0.3) is 0 Å². The summed E-state index contributed by atoms with van der Waals surface area (Å²) in [7, 11) is 1.67. The Labute approximate surface area is 107 Å². The molecule has 0 aliphatic rings. The topological polar surface area (TPSA) is 38.3 Å². The Bertz CT molecular complexity index is 351. The zero-order chi connectivity index (χ0) is 12.7. The monoisotopic (exact) mass is 255 g/mol. The predicted octanol–water partition coefficient (Wildman–Crippen LogP) is 2.54. The van der Waals surface area contributed by atoms with Gasteiger partial charge in [0.05, 0.1) is 6.04 Å². The lowest BCUT2D eigenvalue weighted by molar-refractivity contribution is 0.0949. The van der Waals surface area contributed by atoms with Crippen LogP contribution >= 0.6 is 11.6 Å². The zero-order valence-electron chi connectivity index (χ0n) is 10.2. The van der Waals surface area contributed by atoms with Crippen molar-refractivity contribution in [3.63, 3.8) is 0 Å². The maximum atomic E-state index is 12.0. The van der Waals surface area contributed by atoms with Crippen molar-refractivity contribution < 1.29 is 9.53 Å². The van der Waals surface area contributed by atoms with Gasteiger partial charge >= 0.3 is 0 Å². The molecule has 1 aromatic rings. The Balaban J connectivity index is 2.43. The first-order valence-corrected chi connectivity index (χ1v) is 6.05. The van der Waals surface area contributed by atoms with Gasteiger partial charge in [-0.2, -0.15) is 0 Å². The molecule has 1 rings (SSSR count). The fraction of sp³-hybridized carbons (Fsp3) is 0.462. The van der Waals surface area contributed by atoms with Crippen molar-refractivity contribution in [3.8, 4) is 0 Å². The quantitative estimate of drug-likeness (QED) is 0.601. The van der Waals surface area contributed by atoms with E-state index in [1.165, 1.54) is 0 Å². The molecule has 0 radical (unpaired) electrons. The lowest BCUT2D eigenvalue weighted by atomic mass is 10.1. The summed E-state index contributed by atoms with van der Waals surface area (Å²) in [6.45, 7) is 3.34. The van der Waals surface area contributed by atoms with E-state index in [4.69, 9.17) is 16.3 Å². The highest BCUT2D eigenvalue weighted by Gasteiger charge is 2.13. The molecular formula is C13H18ClNO2. The summed E-state index contributed by atoms with van der Waals surface area (Å²) in [5.74, 6) is 0.0825. The summed E-state index contributed by atoms with van der Waals surface area (Å²) in [4.78, 5) is 12.0. The highest BCUT2D eigenvalue weighted by atomic mass is 35.5. The minimum absolute atomic E-state index is 0.0825. The molecule has 1 atom stereocenters. The maximum Gasteiger partial charge on any atom is 0.179 e. The molecule has 0 spiro atoms. The van der Waals surface area contributed by atoms with E-state index in [1.807, 2.05) is 6.92 Å². The number of nitrogens with one attached hydrogen (secondary N) is 1. The molecule has 0 bridgehead atoms. The van der Waals surface area contributed by atoms with Crippen LogP contribution in [0, 0.1) is 0 Å². The molecule has 4 heteroatoms. The van der Waals surface area contributed by atoms with Crippen molar-refractivity contribution in [1.82, 2.24) is 5.32 Å². The second-order valence-electron chi connectivity index (χ2n) is 3.89. The molecule has 1 N–H and O–H groups in total.